The van der Waals surface area contributed by atoms with Crippen molar-refractivity contribution in [3.05, 3.63) is 87.6 Å². The van der Waals surface area contributed by atoms with Crippen LogP contribution in [0.1, 0.15) is 44.1 Å². The van der Waals surface area contributed by atoms with Crippen LogP contribution in [0, 0.1) is 6.92 Å². The van der Waals surface area contributed by atoms with Crippen molar-refractivity contribution in [1.82, 2.24) is 5.32 Å². The zero-order valence-electron chi connectivity index (χ0n) is 16.7. The van der Waals surface area contributed by atoms with Crippen LogP contribution < -0.4 is 10.6 Å². The van der Waals surface area contributed by atoms with Gasteiger partial charge < -0.3 is 15.4 Å². The summed E-state index contributed by atoms with van der Waals surface area (Å²) in [6.07, 6.45) is 0. The number of aryl methyl sites for hydroxylation is 1. The number of benzene rings is 2. The molecule has 2 amide bonds. The minimum Gasteiger partial charge on any atom is -0.451 e. The first-order chi connectivity index (χ1) is 14.5. The van der Waals surface area contributed by atoms with Gasteiger partial charge in [-0.15, -0.1) is 11.3 Å². The molecule has 0 spiro atoms. The summed E-state index contributed by atoms with van der Waals surface area (Å²) in [4.78, 5) is 37.5. The highest BCUT2D eigenvalue weighted by molar-refractivity contribution is 7.12. The van der Waals surface area contributed by atoms with E-state index >= 15 is 0 Å². The summed E-state index contributed by atoms with van der Waals surface area (Å²) in [7, 11) is 0. The summed E-state index contributed by atoms with van der Waals surface area (Å²) in [5.74, 6) is -1.37. The smallest absolute Gasteiger partial charge is 0.349 e. The van der Waals surface area contributed by atoms with Crippen LogP contribution >= 0.6 is 11.3 Å². The molecule has 0 aliphatic carbocycles. The molecule has 3 rings (SSSR count). The van der Waals surface area contributed by atoms with Crippen molar-refractivity contribution in [3.63, 3.8) is 0 Å². The predicted octanol–water partition coefficient (Wildman–Crippen LogP) is 4.34. The first-order valence-electron chi connectivity index (χ1n) is 9.41. The molecular formula is C23H22N2O4S. The molecule has 3 aromatic rings. The summed E-state index contributed by atoms with van der Waals surface area (Å²) in [6, 6.07) is 17.9. The third-order valence-electron chi connectivity index (χ3n) is 4.47. The number of esters is 1. The van der Waals surface area contributed by atoms with Gasteiger partial charge in [0.25, 0.3) is 11.8 Å². The van der Waals surface area contributed by atoms with E-state index in [0.29, 0.717) is 16.1 Å². The number of ether oxygens (including phenoxy) is 1. The molecule has 1 heterocycles. The van der Waals surface area contributed by atoms with Gasteiger partial charge in [0.15, 0.2) is 6.61 Å². The lowest BCUT2D eigenvalue weighted by molar-refractivity contribution is -0.119. The van der Waals surface area contributed by atoms with Crippen molar-refractivity contribution in [2.75, 3.05) is 11.9 Å². The molecule has 0 saturated carbocycles. The lowest BCUT2D eigenvalue weighted by atomic mass is 10.1. The molecule has 0 aliphatic heterocycles. The van der Waals surface area contributed by atoms with Gasteiger partial charge in [0.05, 0.1) is 17.3 Å². The Morgan fingerprint density at radius 2 is 1.70 bits per heavy atom. The zero-order valence-corrected chi connectivity index (χ0v) is 17.5. The Morgan fingerprint density at radius 3 is 2.40 bits per heavy atom. The van der Waals surface area contributed by atoms with Crippen molar-refractivity contribution in [1.29, 1.82) is 0 Å². The van der Waals surface area contributed by atoms with Crippen molar-refractivity contribution in [2.45, 2.75) is 19.9 Å². The van der Waals surface area contributed by atoms with Gasteiger partial charge in [0, 0.05) is 0 Å². The maximum absolute atomic E-state index is 12.7. The monoisotopic (exact) mass is 422 g/mol. The molecule has 0 bridgehead atoms. The van der Waals surface area contributed by atoms with Crippen LogP contribution in [-0.2, 0) is 9.53 Å². The Morgan fingerprint density at radius 1 is 1.00 bits per heavy atom. The molecule has 1 unspecified atom stereocenters. The van der Waals surface area contributed by atoms with Gasteiger partial charge in [-0.2, -0.15) is 0 Å². The summed E-state index contributed by atoms with van der Waals surface area (Å²) in [5.41, 5.74) is 2.46. The van der Waals surface area contributed by atoms with Crippen molar-refractivity contribution >= 4 is 34.8 Å². The first kappa shape index (κ1) is 21.3. The Labute approximate surface area is 178 Å². The highest BCUT2D eigenvalue weighted by Gasteiger charge is 2.18. The molecule has 30 heavy (non-hydrogen) atoms. The molecular weight excluding hydrogens is 400 g/mol. The molecule has 2 N–H and O–H groups in total. The molecule has 1 aromatic heterocycles. The summed E-state index contributed by atoms with van der Waals surface area (Å²) in [6.45, 7) is 3.26. The second kappa shape index (κ2) is 9.84. The van der Waals surface area contributed by atoms with E-state index in [4.69, 9.17) is 4.74 Å². The third-order valence-corrected chi connectivity index (χ3v) is 5.47. The summed E-state index contributed by atoms with van der Waals surface area (Å²) >= 11 is 1.26. The average Bonchev–Trinajstić information content (AvgIpc) is 3.19. The lowest BCUT2D eigenvalue weighted by Gasteiger charge is -2.16. The Balaban J connectivity index is 1.61. The summed E-state index contributed by atoms with van der Waals surface area (Å²) in [5, 5.41) is 7.36. The molecule has 0 saturated heterocycles. The highest BCUT2D eigenvalue weighted by atomic mass is 32.1. The molecule has 154 valence electrons. The maximum atomic E-state index is 12.7. The fourth-order valence-electron chi connectivity index (χ4n) is 2.85. The number of rotatable bonds is 7. The molecule has 6 nitrogen and oxygen atoms in total. The van der Waals surface area contributed by atoms with Crippen LogP contribution in [0.2, 0.25) is 0 Å². The van der Waals surface area contributed by atoms with Gasteiger partial charge in [-0.3, -0.25) is 9.59 Å². The van der Waals surface area contributed by atoms with Crippen molar-refractivity contribution in [2.24, 2.45) is 0 Å². The van der Waals surface area contributed by atoms with Gasteiger partial charge in [0.2, 0.25) is 0 Å². The molecule has 0 fully saturated rings. The highest BCUT2D eigenvalue weighted by Crippen LogP contribution is 2.19. The zero-order chi connectivity index (χ0) is 21.5. The van der Waals surface area contributed by atoms with Crippen LogP contribution in [0.15, 0.2) is 66.0 Å². The average molecular weight is 423 g/mol. The van der Waals surface area contributed by atoms with E-state index in [2.05, 4.69) is 10.6 Å². The number of para-hydroxylation sites is 1. The van der Waals surface area contributed by atoms with Crippen LogP contribution in [0.25, 0.3) is 0 Å². The van der Waals surface area contributed by atoms with Gasteiger partial charge >= 0.3 is 5.97 Å². The van der Waals surface area contributed by atoms with Crippen molar-refractivity contribution in [3.8, 4) is 0 Å². The molecule has 0 aliphatic rings. The number of nitrogens with one attached hydrogen (secondary N) is 2. The quantitative estimate of drug-likeness (QED) is 0.555. The van der Waals surface area contributed by atoms with E-state index in [1.54, 1.807) is 36.6 Å². The number of anilines is 1. The van der Waals surface area contributed by atoms with Crippen LogP contribution in [0.4, 0.5) is 5.69 Å². The SMILES string of the molecule is Cc1ccsc1C(=O)OCC(=O)Nc1ccccc1C(=O)NC(C)c1ccccc1. The molecule has 0 radical (unpaired) electrons. The van der Waals surface area contributed by atoms with Crippen LogP contribution in [0.5, 0.6) is 0 Å². The standard InChI is InChI=1S/C23H22N2O4S/c1-15-12-13-30-21(15)23(28)29-14-20(26)25-19-11-7-6-10-18(19)22(27)24-16(2)17-8-4-3-5-9-17/h3-13,16H,14H2,1-2H3,(H,24,27)(H,25,26). The number of amides is 2. The minimum absolute atomic E-state index is 0.197. The summed E-state index contributed by atoms with van der Waals surface area (Å²) < 4.78 is 5.08. The van der Waals surface area contributed by atoms with Crippen LogP contribution in [-0.4, -0.2) is 24.4 Å². The van der Waals surface area contributed by atoms with Gasteiger partial charge in [-0.05, 0) is 48.6 Å². The molecule has 1 atom stereocenters. The number of carbonyl (C=O) groups is 3. The second-order valence-electron chi connectivity index (χ2n) is 6.71. The Hall–Kier alpha value is -3.45. The first-order valence-corrected chi connectivity index (χ1v) is 10.3. The molecule has 2 aromatic carbocycles. The second-order valence-corrected chi connectivity index (χ2v) is 7.62. The lowest BCUT2D eigenvalue weighted by Crippen LogP contribution is -2.28. The number of thiophene rings is 1. The van der Waals surface area contributed by atoms with Crippen LogP contribution in [0.3, 0.4) is 0 Å². The predicted molar refractivity (Wildman–Crippen MR) is 117 cm³/mol. The normalized spacial score (nSPS) is 11.4. The van der Waals surface area contributed by atoms with E-state index in [-0.39, 0.29) is 11.9 Å². The minimum atomic E-state index is -0.541. The third kappa shape index (κ3) is 5.33. The fraction of sp³-hybridized carbons (Fsp3) is 0.174. The topological polar surface area (TPSA) is 84.5 Å². The van der Waals surface area contributed by atoms with Gasteiger partial charge in [0.1, 0.15) is 4.88 Å². The van der Waals surface area contributed by atoms with E-state index in [0.717, 1.165) is 11.1 Å². The number of hydrogen-bond donors (Lipinski definition) is 2. The van der Waals surface area contributed by atoms with Gasteiger partial charge in [-0.1, -0.05) is 42.5 Å². The van der Waals surface area contributed by atoms with Gasteiger partial charge in [-0.25, -0.2) is 4.79 Å². The van der Waals surface area contributed by atoms with Crippen molar-refractivity contribution < 1.29 is 19.1 Å². The Bertz CT molecular complexity index is 1050. The van der Waals surface area contributed by atoms with E-state index in [1.807, 2.05) is 43.3 Å². The maximum Gasteiger partial charge on any atom is 0.349 e. The van der Waals surface area contributed by atoms with E-state index in [1.165, 1.54) is 11.3 Å². The van der Waals surface area contributed by atoms with E-state index in [9.17, 15) is 14.4 Å². The van der Waals surface area contributed by atoms with E-state index < -0.39 is 18.5 Å². The number of carbonyl (C=O) groups excluding carboxylic acids is 3. The Kier molecular flexibility index (Phi) is 6.98. The number of hydrogen-bond acceptors (Lipinski definition) is 5. The fourth-order valence-corrected chi connectivity index (χ4v) is 3.67. The largest absolute Gasteiger partial charge is 0.451 e. The molecule has 7 heteroatoms.